The van der Waals surface area contributed by atoms with Crippen molar-refractivity contribution in [2.75, 3.05) is 23.4 Å². The van der Waals surface area contributed by atoms with Crippen molar-refractivity contribution in [3.8, 4) is 0 Å². The van der Waals surface area contributed by atoms with Crippen LogP contribution in [0.25, 0.3) is 0 Å². The van der Waals surface area contributed by atoms with Crippen molar-refractivity contribution < 1.29 is 19.1 Å². The number of nitrogens with zero attached hydrogens (tertiary/aromatic N) is 1. The highest BCUT2D eigenvalue weighted by Gasteiger charge is 2.37. The fourth-order valence-electron chi connectivity index (χ4n) is 3.30. The van der Waals surface area contributed by atoms with Crippen LogP contribution in [-0.4, -0.2) is 30.9 Å². The molecule has 7 heteroatoms. The quantitative estimate of drug-likeness (QED) is 0.755. The summed E-state index contributed by atoms with van der Waals surface area (Å²) in [4.78, 5) is 38.6. The summed E-state index contributed by atoms with van der Waals surface area (Å²) in [5, 5.41) is 3.18. The van der Waals surface area contributed by atoms with Gasteiger partial charge in [0.1, 0.15) is 0 Å². The van der Waals surface area contributed by atoms with E-state index in [1.165, 1.54) is 0 Å². The van der Waals surface area contributed by atoms with E-state index in [1.54, 1.807) is 23.1 Å². The van der Waals surface area contributed by atoms with E-state index in [2.05, 4.69) is 5.32 Å². The summed E-state index contributed by atoms with van der Waals surface area (Å²) in [6, 6.07) is 10.9. The van der Waals surface area contributed by atoms with E-state index in [0.29, 0.717) is 10.7 Å². The Morgan fingerprint density at radius 3 is 2.69 bits per heavy atom. The first-order valence-electron chi connectivity index (χ1n) is 9.35. The summed E-state index contributed by atoms with van der Waals surface area (Å²) in [5.41, 5.74) is 4.30. The summed E-state index contributed by atoms with van der Waals surface area (Å²) in [7, 11) is 0. The number of anilines is 2. The molecule has 0 unspecified atom stereocenters. The monoisotopic (exact) mass is 414 g/mol. The van der Waals surface area contributed by atoms with Crippen LogP contribution in [0.2, 0.25) is 5.02 Å². The molecule has 0 aliphatic carbocycles. The highest BCUT2D eigenvalue weighted by Crippen LogP contribution is 2.30. The van der Waals surface area contributed by atoms with Crippen LogP contribution in [-0.2, 0) is 19.1 Å². The molecule has 1 aliphatic rings. The highest BCUT2D eigenvalue weighted by molar-refractivity contribution is 6.31. The van der Waals surface area contributed by atoms with Gasteiger partial charge in [-0.15, -0.1) is 0 Å². The first kappa shape index (κ1) is 20.9. The average molecular weight is 415 g/mol. The van der Waals surface area contributed by atoms with Crippen molar-refractivity contribution in [2.24, 2.45) is 5.92 Å². The molecule has 0 spiro atoms. The Balaban J connectivity index is 1.57. The van der Waals surface area contributed by atoms with Gasteiger partial charge in [0.2, 0.25) is 5.91 Å². The lowest BCUT2D eigenvalue weighted by molar-refractivity contribution is -0.151. The van der Waals surface area contributed by atoms with Crippen molar-refractivity contribution in [3.05, 3.63) is 58.1 Å². The predicted molar refractivity (Wildman–Crippen MR) is 112 cm³/mol. The van der Waals surface area contributed by atoms with Crippen LogP contribution >= 0.6 is 11.6 Å². The van der Waals surface area contributed by atoms with E-state index in [-0.39, 0.29) is 18.9 Å². The second kappa shape index (κ2) is 8.66. The summed E-state index contributed by atoms with van der Waals surface area (Å²) in [5.74, 6) is -1.73. The zero-order valence-corrected chi connectivity index (χ0v) is 17.4. The largest absolute Gasteiger partial charge is 0.455 e. The standard InChI is InChI=1S/C22H23ClN2O4/c1-13-5-4-6-19(15(13)3)25-11-16(9-21(25)27)22(28)29-12-20(26)24-18-10-17(23)8-7-14(18)2/h4-8,10,16H,9,11-12H2,1-3H3,(H,24,26)/t16-/m0/s1. The van der Waals surface area contributed by atoms with Gasteiger partial charge in [-0.1, -0.05) is 29.8 Å². The van der Waals surface area contributed by atoms with Crippen LogP contribution in [0.15, 0.2) is 36.4 Å². The number of hydrogen-bond donors (Lipinski definition) is 1. The normalized spacial score (nSPS) is 16.1. The van der Waals surface area contributed by atoms with Crippen molar-refractivity contribution >= 4 is 40.8 Å². The molecule has 0 radical (unpaired) electrons. The third-order valence-electron chi connectivity index (χ3n) is 5.14. The van der Waals surface area contributed by atoms with Gasteiger partial charge in [0.15, 0.2) is 6.61 Å². The maximum absolute atomic E-state index is 12.4. The molecule has 3 rings (SSSR count). The number of esters is 1. The van der Waals surface area contributed by atoms with Gasteiger partial charge in [-0.3, -0.25) is 14.4 Å². The van der Waals surface area contributed by atoms with Gasteiger partial charge < -0.3 is 15.0 Å². The number of rotatable bonds is 5. The smallest absolute Gasteiger partial charge is 0.311 e. The van der Waals surface area contributed by atoms with Gasteiger partial charge >= 0.3 is 5.97 Å². The summed E-state index contributed by atoms with van der Waals surface area (Å²) < 4.78 is 5.15. The zero-order chi connectivity index (χ0) is 21.1. The molecule has 0 aromatic heterocycles. The lowest BCUT2D eigenvalue weighted by Gasteiger charge is -2.20. The topological polar surface area (TPSA) is 75.7 Å². The van der Waals surface area contributed by atoms with Gasteiger partial charge in [0, 0.05) is 29.4 Å². The molecular weight excluding hydrogens is 392 g/mol. The van der Waals surface area contributed by atoms with Crippen LogP contribution in [0.4, 0.5) is 11.4 Å². The van der Waals surface area contributed by atoms with Gasteiger partial charge in [0.25, 0.3) is 5.91 Å². The highest BCUT2D eigenvalue weighted by atomic mass is 35.5. The van der Waals surface area contributed by atoms with Crippen molar-refractivity contribution in [1.29, 1.82) is 0 Å². The molecule has 1 saturated heterocycles. The minimum absolute atomic E-state index is 0.0707. The molecule has 2 aromatic carbocycles. The van der Waals surface area contributed by atoms with Crippen molar-refractivity contribution in [1.82, 2.24) is 0 Å². The summed E-state index contributed by atoms with van der Waals surface area (Å²) in [6.07, 6.45) is 0.0707. The predicted octanol–water partition coefficient (Wildman–Crippen LogP) is 3.80. The Bertz CT molecular complexity index is 973. The second-order valence-corrected chi connectivity index (χ2v) is 7.68. The maximum atomic E-state index is 12.4. The molecule has 2 amide bonds. The number of aryl methyl sites for hydroxylation is 2. The van der Waals surface area contributed by atoms with E-state index >= 15 is 0 Å². The molecule has 1 aliphatic heterocycles. The fourth-order valence-corrected chi connectivity index (χ4v) is 3.47. The zero-order valence-electron chi connectivity index (χ0n) is 16.6. The minimum Gasteiger partial charge on any atom is -0.455 e. The molecule has 152 valence electrons. The van der Waals surface area contributed by atoms with Gasteiger partial charge in [-0.05, 0) is 55.7 Å². The molecule has 1 N–H and O–H groups in total. The average Bonchev–Trinajstić information content (AvgIpc) is 3.06. The molecule has 0 saturated carbocycles. The van der Waals surface area contributed by atoms with Crippen LogP contribution in [0.3, 0.4) is 0 Å². The Hall–Kier alpha value is -2.86. The van der Waals surface area contributed by atoms with E-state index in [4.69, 9.17) is 16.3 Å². The Morgan fingerprint density at radius 1 is 1.17 bits per heavy atom. The minimum atomic E-state index is -0.594. The Kier molecular flexibility index (Phi) is 6.23. The molecule has 0 bridgehead atoms. The maximum Gasteiger partial charge on any atom is 0.311 e. The molecule has 1 heterocycles. The number of benzene rings is 2. The molecule has 6 nitrogen and oxygen atoms in total. The molecule has 1 fully saturated rings. The van der Waals surface area contributed by atoms with Crippen LogP contribution in [0.1, 0.15) is 23.1 Å². The van der Waals surface area contributed by atoms with Gasteiger partial charge in [0.05, 0.1) is 5.92 Å². The van der Waals surface area contributed by atoms with Gasteiger partial charge in [-0.25, -0.2) is 0 Å². The van der Waals surface area contributed by atoms with E-state index in [9.17, 15) is 14.4 Å². The van der Waals surface area contributed by atoms with Crippen LogP contribution in [0.5, 0.6) is 0 Å². The molecular formula is C22H23ClN2O4. The number of ether oxygens (including phenoxy) is 1. The molecule has 2 aromatic rings. The van der Waals surface area contributed by atoms with Crippen molar-refractivity contribution in [2.45, 2.75) is 27.2 Å². The SMILES string of the molecule is Cc1ccc(Cl)cc1NC(=O)COC(=O)[C@H]1CC(=O)N(c2cccc(C)c2C)C1. The second-order valence-electron chi connectivity index (χ2n) is 7.24. The summed E-state index contributed by atoms with van der Waals surface area (Å²) >= 11 is 5.94. The third-order valence-corrected chi connectivity index (χ3v) is 5.38. The van der Waals surface area contributed by atoms with Crippen LogP contribution < -0.4 is 10.2 Å². The number of carbonyl (C=O) groups is 3. The molecule has 29 heavy (non-hydrogen) atoms. The third kappa shape index (κ3) is 4.77. The lowest BCUT2D eigenvalue weighted by Crippen LogP contribution is -2.28. The van der Waals surface area contributed by atoms with Crippen LogP contribution in [0, 0.1) is 26.7 Å². The number of amides is 2. The van der Waals surface area contributed by atoms with E-state index in [1.807, 2.05) is 39.0 Å². The number of hydrogen-bond acceptors (Lipinski definition) is 4. The van der Waals surface area contributed by atoms with E-state index < -0.39 is 24.4 Å². The Labute approximate surface area is 174 Å². The van der Waals surface area contributed by atoms with Crippen molar-refractivity contribution in [3.63, 3.8) is 0 Å². The van der Waals surface area contributed by atoms with Gasteiger partial charge in [-0.2, -0.15) is 0 Å². The first-order valence-corrected chi connectivity index (χ1v) is 9.73. The Morgan fingerprint density at radius 2 is 1.93 bits per heavy atom. The number of carbonyl (C=O) groups excluding carboxylic acids is 3. The number of nitrogens with one attached hydrogen (secondary N) is 1. The number of halogens is 1. The summed E-state index contributed by atoms with van der Waals surface area (Å²) in [6.45, 7) is 5.59. The lowest BCUT2D eigenvalue weighted by atomic mass is 10.1. The fraction of sp³-hybridized carbons (Fsp3) is 0.318. The molecule has 1 atom stereocenters. The van der Waals surface area contributed by atoms with E-state index in [0.717, 1.165) is 22.4 Å². The first-order chi connectivity index (χ1) is 13.8.